The normalized spacial score (nSPS) is 17.5. The van der Waals surface area contributed by atoms with Gasteiger partial charge in [-0.15, -0.1) is 0 Å². The van der Waals surface area contributed by atoms with Crippen LogP contribution in [0.4, 0.5) is 11.4 Å². The van der Waals surface area contributed by atoms with E-state index in [1.165, 1.54) is 0 Å². The minimum absolute atomic E-state index is 0.0133. The van der Waals surface area contributed by atoms with Crippen LogP contribution in [0.1, 0.15) is 18.4 Å². The van der Waals surface area contributed by atoms with Crippen molar-refractivity contribution in [3.8, 4) is 5.75 Å². The maximum absolute atomic E-state index is 12.8. The first-order valence-corrected chi connectivity index (χ1v) is 10.6. The minimum Gasteiger partial charge on any atom is -0.484 e. The zero-order chi connectivity index (χ0) is 21.2. The molecule has 2 aliphatic heterocycles. The molecule has 0 saturated carbocycles. The van der Waals surface area contributed by atoms with E-state index in [0.29, 0.717) is 24.6 Å². The molecule has 1 N–H and O–H groups in total. The Bertz CT molecular complexity index is 1140. The quantitative estimate of drug-likeness (QED) is 0.685. The van der Waals surface area contributed by atoms with E-state index in [0.717, 1.165) is 41.3 Å². The van der Waals surface area contributed by atoms with Crippen LogP contribution in [0.2, 0.25) is 0 Å². The van der Waals surface area contributed by atoms with Gasteiger partial charge in [-0.05, 0) is 59.9 Å². The summed E-state index contributed by atoms with van der Waals surface area (Å²) in [6, 6.07) is 19.5. The van der Waals surface area contributed by atoms with Crippen molar-refractivity contribution in [3.05, 3.63) is 66.2 Å². The number of nitrogens with zero attached hydrogens (tertiary/aromatic N) is 1. The van der Waals surface area contributed by atoms with Crippen LogP contribution >= 0.6 is 0 Å². The van der Waals surface area contributed by atoms with Crippen LogP contribution in [0.25, 0.3) is 10.8 Å². The number of carbonyl (C=O) groups excluding carboxylic acids is 2. The summed E-state index contributed by atoms with van der Waals surface area (Å²) >= 11 is 0. The molecule has 1 saturated heterocycles. The van der Waals surface area contributed by atoms with Crippen molar-refractivity contribution in [3.63, 3.8) is 0 Å². The van der Waals surface area contributed by atoms with E-state index in [9.17, 15) is 9.59 Å². The molecule has 2 heterocycles. The highest BCUT2D eigenvalue weighted by molar-refractivity contribution is 6.00. The number of amides is 2. The number of carbonyl (C=O) groups is 2. The third kappa shape index (κ3) is 4.11. The number of fused-ring (bicyclic) bond motifs is 2. The van der Waals surface area contributed by atoms with Crippen LogP contribution in [0, 0.1) is 0 Å². The third-order valence-corrected chi connectivity index (χ3v) is 5.83. The van der Waals surface area contributed by atoms with Gasteiger partial charge in [0.2, 0.25) is 0 Å². The van der Waals surface area contributed by atoms with E-state index in [1.54, 1.807) is 4.90 Å². The van der Waals surface area contributed by atoms with Crippen LogP contribution in [-0.4, -0.2) is 37.7 Å². The Balaban J connectivity index is 1.23. The number of rotatable bonds is 5. The molecule has 6 nitrogen and oxygen atoms in total. The Morgan fingerprint density at radius 1 is 1.06 bits per heavy atom. The van der Waals surface area contributed by atoms with Gasteiger partial charge in [0.1, 0.15) is 11.9 Å². The molecule has 2 aliphatic rings. The first-order chi connectivity index (χ1) is 15.2. The molecule has 1 unspecified atom stereocenters. The first kappa shape index (κ1) is 19.6. The van der Waals surface area contributed by atoms with Crippen molar-refractivity contribution in [1.82, 2.24) is 0 Å². The molecule has 0 aromatic heterocycles. The topological polar surface area (TPSA) is 67.9 Å². The van der Waals surface area contributed by atoms with Gasteiger partial charge in [0, 0.05) is 24.5 Å². The smallest absolute Gasteiger partial charge is 0.262 e. The van der Waals surface area contributed by atoms with Crippen LogP contribution in [0.3, 0.4) is 0 Å². The molecule has 2 amide bonds. The van der Waals surface area contributed by atoms with Gasteiger partial charge in [-0.1, -0.05) is 36.4 Å². The lowest BCUT2D eigenvalue weighted by atomic mass is 10.1. The van der Waals surface area contributed by atoms with Gasteiger partial charge in [0.05, 0.1) is 0 Å². The fourth-order valence-electron chi connectivity index (χ4n) is 4.24. The molecular formula is C25H24N2O4. The highest BCUT2D eigenvalue weighted by Gasteiger charge is 2.32. The van der Waals surface area contributed by atoms with E-state index in [4.69, 9.17) is 9.47 Å². The molecule has 3 aromatic rings. The first-order valence-electron chi connectivity index (χ1n) is 10.6. The Morgan fingerprint density at radius 3 is 2.77 bits per heavy atom. The largest absolute Gasteiger partial charge is 0.484 e. The van der Waals surface area contributed by atoms with Gasteiger partial charge in [-0.2, -0.15) is 0 Å². The van der Waals surface area contributed by atoms with Crippen molar-refractivity contribution in [2.75, 3.05) is 30.0 Å². The standard InChI is InChI=1S/C25H24N2O4/c28-24(16-31-21-10-8-17-4-1-2-5-19(17)14-21)26-20-9-7-18-11-12-27(22(18)15-20)25(29)23-6-3-13-30-23/h1-2,4-5,7-10,14-15,23H,3,6,11-13,16H2,(H,26,28). The SMILES string of the molecule is O=C(COc1ccc2ccccc2c1)Nc1ccc2c(c1)N(C(=O)C1CCCO1)CC2. The van der Waals surface area contributed by atoms with E-state index >= 15 is 0 Å². The summed E-state index contributed by atoms with van der Waals surface area (Å²) in [4.78, 5) is 27.0. The van der Waals surface area contributed by atoms with Crippen LogP contribution in [-0.2, 0) is 20.7 Å². The van der Waals surface area contributed by atoms with Crippen molar-refractivity contribution >= 4 is 34.0 Å². The van der Waals surface area contributed by atoms with Crippen LogP contribution in [0.5, 0.6) is 5.75 Å². The number of hydrogen-bond acceptors (Lipinski definition) is 4. The Morgan fingerprint density at radius 2 is 1.94 bits per heavy atom. The maximum Gasteiger partial charge on any atom is 0.262 e. The fraction of sp³-hybridized carbons (Fsp3) is 0.280. The molecule has 31 heavy (non-hydrogen) atoms. The third-order valence-electron chi connectivity index (χ3n) is 5.83. The summed E-state index contributed by atoms with van der Waals surface area (Å²) in [6.45, 7) is 1.20. The van der Waals surface area contributed by atoms with Crippen molar-refractivity contribution < 1.29 is 19.1 Å². The molecule has 0 bridgehead atoms. The zero-order valence-corrected chi connectivity index (χ0v) is 17.2. The Kier molecular flexibility index (Phi) is 5.30. The lowest BCUT2D eigenvalue weighted by Gasteiger charge is -2.21. The molecule has 0 aliphatic carbocycles. The van der Waals surface area contributed by atoms with Gasteiger partial charge < -0.3 is 19.7 Å². The highest BCUT2D eigenvalue weighted by atomic mass is 16.5. The number of benzene rings is 3. The number of hydrogen-bond donors (Lipinski definition) is 1. The Hall–Kier alpha value is -3.38. The lowest BCUT2D eigenvalue weighted by Crippen LogP contribution is -2.37. The minimum atomic E-state index is -0.348. The van der Waals surface area contributed by atoms with Gasteiger partial charge in [0.25, 0.3) is 11.8 Å². The van der Waals surface area contributed by atoms with Crippen LogP contribution < -0.4 is 15.0 Å². The van der Waals surface area contributed by atoms with Gasteiger partial charge in [-0.3, -0.25) is 9.59 Å². The second kappa shape index (κ2) is 8.40. The summed E-state index contributed by atoms with van der Waals surface area (Å²) in [5, 5.41) is 5.06. The molecule has 6 heteroatoms. The monoisotopic (exact) mass is 416 g/mol. The van der Waals surface area contributed by atoms with Crippen LogP contribution in [0.15, 0.2) is 60.7 Å². The van der Waals surface area contributed by atoms with E-state index in [2.05, 4.69) is 5.32 Å². The average Bonchev–Trinajstić information content (AvgIpc) is 3.47. The predicted molar refractivity (Wildman–Crippen MR) is 120 cm³/mol. The van der Waals surface area contributed by atoms with Gasteiger partial charge >= 0.3 is 0 Å². The average molecular weight is 416 g/mol. The fourth-order valence-corrected chi connectivity index (χ4v) is 4.24. The van der Waals surface area contributed by atoms with Gasteiger partial charge in [0.15, 0.2) is 6.61 Å². The number of nitrogens with one attached hydrogen (secondary N) is 1. The lowest BCUT2D eigenvalue weighted by molar-refractivity contribution is -0.127. The zero-order valence-electron chi connectivity index (χ0n) is 17.2. The van der Waals surface area contributed by atoms with E-state index in [1.807, 2.05) is 60.7 Å². The van der Waals surface area contributed by atoms with E-state index in [-0.39, 0.29) is 24.5 Å². The summed E-state index contributed by atoms with van der Waals surface area (Å²) in [7, 11) is 0. The molecule has 0 radical (unpaired) electrons. The second-order valence-corrected chi connectivity index (χ2v) is 7.93. The maximum atomic E-state index is 12.8. The molecule has 1 atom stereocenters. The summed E-state index contributed by atoms with van der Waals surface area (Å²) in [5.74, 6) is 0.415. The second-order valence-electron chi connectivity index (χ2n) is 7.93. The summed E-state index contributed by atoms with van der Waals surface area (Å²) < 4.78 is 11.2. The highest BCUT2D eigenvalue weighted by Crippen LogP contribution is 2.32. The molecule has 5 rings (SSSR count). The molecule has 3 aromatic carbocycles. The molecule has 0 spiro atoms. The molecule has 158 valence electrons. The van der Waals surface area contributed by atoms with Crippen molar-refractivity contribution in [1.29, 1.82) is 0 Å². The van der Waals surface area contributed by atoms with Crippen molar-refractivity contribution in [2.45, 2.75) is 25.4 Å². The number of ether oxygens (including phenoxy) is 2. The molecule has 1 fully saturated rings. The van der Waals surface area contributed by atoms with Crippen molar-refractivity contribution in [2.24, 2.45) is 0 Å². The summed E-state index contributed by atoms with van der Waals surface area (Å²) in [6.07, 6.45) is 2.16. The molecular weight excluding hydrogens is 392 g/mol. The predicted octanol–water partition coefficient (Wildman–Crippen LogP) is 3.93. The van der Waals surface area contributed by atoms with Gasteiger partial charge in [-0.25, -0.2) is 0 Å². The van der Waals surface area contributed by atoms with E-state index < -0.39 is 0 Å². The number of anilines is 2. The Labute approximate surface area is 180 Å². The summed E-state index contributed by atoms with van der Waals surface area (Å²) in [5.41, 5.74) is 2.61.